The zero-order valence-electron chi connectivity index (χ0n) is 19.3. The molecule has 178 valence electrons. The Hall–Kier alpha value is -4.55. The maximum Gasteiger partial charge on any atom is 0.255 e. The van der Waals surface area contributed by atoms with Gasteiger partial charge in [-0.15, -0.1) is 0 Å². The van der Waals surface area contributed by atoms with Crippen LogP contribution < -0.4 is 15.4 Å². The van der Waals surface area contributed by atoms with E-state index in [-0.39, 0.29) is 11.8 Å². The van der Waals surface area contributed by atoms with Gasteiger partial charge in [0.25, 0.3) is 11.8 Å². The number of hydrogen-bond acceptors (Lipinski definition) is 3. The minimum absolute atomic E-state index is 0.191. The summed E-state index contributed by atoms with van der Waals surface area (Å²) in [7, 11) is 1.59. The van der Waals surface area contributed by atoms with E-state index < -0.39 is 0 Å². The zero-order valence-corrected chi connectivity index (χ0v) is 20.1. The van der Waals surface area contributed by atoms with E-state index in [9.17, 15) is 9.59 Å². The second kappa shape index (κ2) is 9.98. The molecule has 36 heavy (non-hydrogen) atoms. The lowest BCUT2D eigenvalue weighted by atomic mass is 10.1. The third kappa shape index (κ3) is 5.09. The fourth-order valence-corrected chi connectivity index (χ4v) is 3.98. The summed E-state index contributed by atoms with van der Waals surface area (Å²) in [4.78, 5) is 28.4. The average Bonchev–Trinajstić information content (AvgIpc) is 3.33. The molecule has 0 unspecified atom stereocenters. The molecule has 6 nitrogen and oxygen atoms in total. The van der Waals surface area contributed by atoms with Gasteiger partial charge >= 0.3 is 0 Å². The van der Waals surface area contributed by atoms with Crippen molar-refractivity contribution in [2.45, 2.75) is 0 Å². The van der Waals surface area contributed by atoms with E-state index in [0.29, 0.717) is 33.3 Å². The van der Waals surface area contributed by atoms with Crippen molar-refractivity contribution >= 4 is 45.7 Å². The van der Waals surface area contributed by atoms with Crippen LogP contribution in [0.25, 0.3) is 22.2 Å². The Morgan fingerprint density at radius 2 is 1.31 bits per heavy atom. The molecule has 4 aromatic carbocycles. The van der Waals surface area contributed by atoms with Crippen molar-refractivity contribution in [3.05, 3.63) is 113 Å². The summed E-state index contributed by atoms with van der Waals surface area (Å²) >= 11 is 5.89. The second-order valence-corrected chi connectivity index (χ2v) is 8.64. The van der Waals surface area contributed by atoms with E-state index in [1.54, 1.807) is 55.6 Å². The predicted octanol–water partition coefficient (Wildman–Crippen LogP) is 7.00. The number of methoxy groups -OCH3 is 1. The first kappa shape index (κ1) is 23.2. The van der Waals surface area contributed by atoms with E-state index >= 15 is 0 Å². The summed E-state index contributed by atoms with van der Waals surface area (Å²) in [5.41, 5.74) is 5.33. The van der Waals surface area contributed by atoms with Crippen molar-refractivity contribution < 1.29 is 14.3 Å². The van der Waals surface area contributed by atoms with Crippen LogP contribution in [0.4, 0.5) is 11.4 Å². The normalized spacial score (nSPS) is 10.7. The Balaban J connectivity index is 1.28. The molecule has 0 saturated carbocycles. The molecule has 1 aromatic heterocycles. The molecule has 0 spiro atoms. The lowest BCUT2D eigenvalue weighted by Crippen LogP contribution is -2.11. The zero-order chi connectivity index (χ0) is 25.1. The van der Waals surface area contributed by atoms with E-state index in [1.807, 2.05) is 48.5 Å². The Morgan fingerprint density at radius 3 is 1.94 bits per heavy atom. The number of anilines is 2. The van der Waals surface area contributed by atoms with Crippen LogP contribution in [0.3, 0.4) is 0 Å². The Bertz CT molecular complexity index is 1540. The Morgan fingerprint density at radius 1 is 0.722 bits per heavy atom. The summed E-state index contributed by atoms with van der Waals surface area (Å²) in [6.07, 6.45) is 0. The highest BCUT2D eigenvalue weighted by Crippen LogP contribution is 2.28. The van der Waals surface area contributed by atoms with Crippen LogP contribution in [-0.2, 0) is 0 Å². The molecule has 0 aliphatic heterocycles. The largest absolute Gasteiger partial charge is 0.497 e. The minimum Gasteiger partial charge on any atom is -0.497 e. The summed E-state index contributed by atoms with van der Waals surface area (Å²) in [5, 5.41) is 7.38. The molecule has 0 fully saturated rings. The maximum absolute atomic E-state index is 12.6. The third-order valence-corrected chi connectivity index (χ3v) is 6.04. The molecule has 5 aromatic rings. The van der Waals surface area contributed by atoms with Crippen LogP contribution in [0, 0.1) is 0 Å². The number of aromatic amines is 1. The molecule has 0 aliphatic carbocycles. The smallest absolute Gasteiger partial charge is 0.255 e. The molecule has 0 bridgehead atoms. The van der Waals surface area contributed by atoms with Crippen LogP contribution in [0.2, 0.25) is 5.02 Å². The first-order chi connectivity index (χ1) is 17.5. The molecule has 0 aliphatic rings. The fraction of sp³-hybridized carbons (Fsp3) is 0.0345. The molecule has 1 heterocycles. The Kier molecular flexibility index (Phi) is 6.43. The molecule has 0 radical (unpaired) electrons. The number of hydrogen-bond donors (Lipinski definition) is 3. The number of carbonyl (C=O) groups excluding carboxylic acids is 2. The number of H-pyrrole nitrogens is 1. The van der Waals surface area contributed by atoms with E-state index in [2.05, 4.69) is 15.6 Å². The SMILES string of the molecule is COc1ccc(C(=O)Nc2ccc3[nH]c(-c4ccc(NC(=O)c5ccc(Cl)cc5)cc4)cc3c2)cc1. The quantitative estimate of drug-likeness (QED) is 0.237. The minimum atomic E-state index is -0.200. The topological polar surface area (TPSA) is 83.2 Å². The highest BCUT2D eigenvalue weighted by molar-refractivity contribution is 6.30. The van der Waals surface area contributed by atoms with Gasteiger partial charge in [0.15, 0.2) is 0 Å². The van der Waals surface area contributed by atoms with E-state index in [1.165, 1.54) is 0 Å². The number of aromatic nitrogens is 1. The standard InChI is InChI=1S/C29H22ClN3O3/c1-36-25-13-6-20(7-14-25)29(35)32-24-12-15-26-21(16-24)17-27(33-26)18-4-10-23(11-5-18)31-28(34)19-2-8-22(30)9-3-19/h2-17,33H,1H3,(H,31,34)(H,32,35). The van der Waals surface area contributed by atoms with Gasteiger partial charge in [0.2, 0.25) is 0 Å². The van der Waals surface area contributed by atoms with Crippen molar-refractivity contribution in [2.75, 3.05) is 17.7 Å². The van der Waals surface area contributed by atoms with Crippen molar-refractivity contribution in [2.24, 2.45) is 0 Å². The maximum atomic E-state index is 12.6. The van der Waals surface area contributed by atoms with Crippen LogP contribution >= 0.6 is 11.6 Å². The number of benzene rings is 4. The van der Waals surface area contributed by atoms with Crippen LogP contribution in [0.1, 0.15) is 20.7 Å². The van der Waals surface area contributed by atoms with Crippen molar-refractivity contribution in [1.82, 2.24) is 4.98 Å². The number of rotatable bonds is 6. The van der Waals surface area contributed by atoms with Gasteiger partial charge < -0.3 is 20.4 Å². The summed E-state index contributed by atoms with van der Waals surface area (Å²) in [6, 6.07) is 29.0. The number of nitrogens with one attached hydrogen (secondary N) is 3. The molecule has 3 N–H and O–H groups in total. The lowest BCUT2D eigenvalue weighted by Gasteiger charge is -2.06. The van der Waals surface area contributed by atoms with Gasteiger partial charge in [-0.1, -0.05) is 23.7 Å². The summed E-state index contributed by atoms with van der Waals surface area (Å²) in [6.45, 7) is 0. The van der Waals surface area contributed by atoms with Gasteiger partial charge in [-0.05, 0) is 90.5 Å². The first-order valence-corrected chi connectivity index (χ1v) is 11.6. The molecule has 0 saturated heterocycles. The summed E-state index contributed by atoms with van der Waals surface area (Å²) < 4.78 is 5.14. The Labute approximate surface area is 212 Å². The van der Waals surface area contributed by atoms with Crippen LogP contribution in [0.5, 0.6) is 5.75 Å². The van der Waals surface area contributed by atoms with Gasteiger partial charge in [0, 0.05) is 44.1 Å². The molecular formula is C29H22ClN3O3. The summed E-state index contributed by atoms with van der Waals surface area (Å²) in [5.74, 6) is 0.308. The van der Waals surface area contributed by atoms with Crippen molar-refractivity contribution in [3.63, 3.8) is 0 Å². The number of ether oxygens (including phenoxy) is 1. The molecular weight excluding hydrogens is 474 g/mol. The highest BCUT2D eigenvalue weighted by atomic mass is 35.5. The number of fused-ring (bicyclic) bond motifs is 1. The van der Waals surface area contributed by atoms with Gasteiger partial charge in [0.1, 0.15) is 5.75 Å². The molecule has 7 heteroatoms. The van der Waals surface area contributed by atoms with E-state index in [4.69, 9.17) is 16.3 Å². The number of carbonyl (C=O) groups is 2. The molecule has 2 amide bonds. The van der Waals surface area contributed by atoms with Gasteiger partial charge in [-0.2, -0.15) is 0 Å². The monoisotopic (exact) mass is 495 g/mol. The second-order valence-electron chi connectivity index (χ2n) is 8.21. The lowest BCUT2D eigenvalue weighted by molar-refractivity contribution is 0.101. The van der Waals surface area contributed by atoms with E-state index in [0.717, 1.165) is 22.2 Å². The molecule has 0 atom stereocenters. The highest BCUT2D eigenvalue weighted by Gasteiger charge is 2.10. The van der Waals surface area contributed by atoms with Gasteiger partial charge in [-0.3, -0.25) is 9.59 Å². The fourth-order valence-electron chi connectivity index (χ4n) is 3.85. The number of halogens is 1. The van der Waals surface area contributed by atoms with Crippen molar-refractivity contribution in [1.29, 1.82) is 0 Å². The first-order valence-electron chi connectivity index (χ1n) is 11.2. The van der Waals surface area contributed by atoms with Crippen LogP contribution in [-0.4, -0.2) is 23.9 Å². The third-order valence-electron chi connectivity index (χ3n) is 5.79. The average molecular weight is 496 g/mol. The van der Waals surface area contributed by atoms with Gasteiger partial charge in [0.05, 0.1) is 7.11 Å². The molecule has 5 rings (SSSR count). The van der Waals surface area contributed by atoms with Crippen molar-refractivity contribution in [3.8, 4) is 17.0 Å². The predicted molar refractivity (Wildman–Crippen MR) is 144 cm³/mol. The number of amides is 2. The van der Waals surface area contributed by atoms with Gasteiger partial charge in [-0.25, -0.2) is 0 Å². The van der Waals surface area contributed by atoms with Crippen LogP contribution in [0.15, 0.2) is 97.1 Å².